The molecule has 0 aliphatic rings. The maximum Gasteiger partial charge on any atom is 0.269 e. The first-order chi connectivity index (χ1) is 11.8. The van der Waals surface area contributed by atoms with Gasteiger partial charge in [-0.05, 0) is 30.3 Å². The van der Waals surface area contributed by atoms with E-state index in [0.717, 1.165) is 11.3 Å². The van der Waals surface area contributed by atoms with Crippen LogP contribution in [-0.2, 0) is 6.54 Å². The summed E-state index contributed by atoms with van der Waals surface area (Å²) in [6, 6.07) is 12.8. The van der Waals surface area contributed by atoms with Gasteiger partial charge >= 0.3 is 0 Å². The topological polar surface area (TPSA) is 101 Å². The quantitative estimate of drug-likeness (QED) is 0.593. The predicted molar refractivity (Wildman–Crippen MR) is 86.0 cm³/mol. The molecule has 0 bridgehead atoms. The van der Waals surface area contributed by atoms with Crippen molar-refractivity contribution in [2.75, 3.05) is 0 Å². The third-order valence-corrected chi connectivity index (χ3v) is 3.56. The summed E-state index contributed by atoms with van der Waals surface area (Å²) in [5.41, 5.74) is 3.28. The van der Waals surface area contributed by atoms with Crippen molar-refractivity contribution < 1.29 is 4.79 Å². The first kappa shape index (κ1) is 14.1. The molecule has 4 aromatic heterocycles. The Labute approximate surface area is 136 Å². The number of fused-ring (bicyclic) bond motifs is 1. The number of hydrogen-bond donors (Lipinski definition) is 2. The van der Waals surface area contributed by atoms with Gasteiger partial charge in [-0.25, -0.2) is 9.50 Å². The SMILES string of the molecule is O=C(NCc1cccc2ncnn12)c1cc(-c2ccccn2)n[nH]1. The first-order valence-corrected chi connectivity index (χ1v) is 7.34. The predicted octanol–water partition coefficient (Wildman–Crippen LogP) is 1.44. The molecule has 4 rings (SSSR count). The molecule has 0 aliphatic carbocycles. The molecule has 0 saturated heterocycles. The van der Waals surface area contributed by atoms with Crippen molar-refractivity contribution in [3.05, 3.63) is 66.4 Å². The first-order valence-electron chi connectivity index (χ1n) is 7.34. The second kappa shape index (κ2) is 5.92. The number of nitrogens with zero attached hydrogens (tertiary/aromatic N) is 5. The minimum atomic E-state index is -0.248. The van der Waals surface area contributed by atoms with Crippen molar-refractivity contribution in [3.63, 3.8) is 0 Å². The molecular weight excluding hydrogens is 306 g/mol. The largest absolute Gasteiger partial charge is 0.345 e. The van der Waals surface area contributed by atoms with Gasteiger partial charge in [0.15, 0.2) is 5.65 Å². The van der Waals surface area contributed by atoms with Crippen LogP contribution in [0.3, 0.4) is 0 Å². The Morgan fingerprint density at radius 1 is 1.12 bits per heavy atom. The summed E-state index contributed by atoms with van der Waals surface area (Å²) in [5, 5.41) is 13.8. The smallest absolute Gasteiger partial charge is 0.269 e. The van der Waals surface area contributed by atoms with Gasteiger partial charge in [0.25, 0.3) is 5.91 Å². The lowest BCUT2D eigenvalue weighted by Gasteiger charge is -2.05. The van der Waals surface area contributed by atoms with Crippen LogP contribution >= 0.6 is 0 Å². The molecule has 8 heteroatoms. The van der Waals surface area contributed by atoms with E-state index in [1.54, 1.807) is 16.8 Å². The number of rotatable bonds is 4. The standard InChI is InChI=1S/C16H13N7O/c24-16(14-8-13(21-22-14)12-5-1-2-7-17-12)18-9-11-4-3-6-15-19-10-20-23(11)15/h1-8,10H,9H2,(H,18,24)(H,21,22). The Morgan fingerprint density at radius 3 is 2.96 bits per heavy atom. The van der Waals surface area contributed by atoms with Gasteiger partial charge in [-0.15, -0.1) is 0 Å². The van der Waals surface area contributed by atoms with E-state index in [9.17, 15) is 4.79 Å². The van der Waals surface area contributed by atoms with Crippen molar-refractivity contribution in [1.29, 1.82) is 0 Å². The van der Waals surface area contributed by atoms with E-state index < -0.39 is 0 Å². The molecular formula is C16H13N7O. The molecule has 4 heterocycles. The molecule has 0 atom stereocenters. The van der Waals surface area contributed by atoms with Crippen molar-refractivity contribution >= 4 is 11.6 Å². The fourth-order valence-electron chi connectivity index (χ4n) is 2.38. The summed E-state index contributed by atoms with van der Waals surface area (Å²) in [5.74, 6) is -0.248. The van der Waals surface area contributed by atoms with Gasteiger partial charge in [0.1, 0.15) is 17.7 Å². The second-order valence-corrected chi connectivity index (χ2v) is 5.11. The van der Waals surface area contributed by atoms with E-state index in [1.807, 2.05) is 36.4 Å². The maximum absolute atomic E-state index is 12.3. The van der Waals surface area contributed by atoms with Crippen LogP contribution in [-0.4, -0.2) is 35.7 Å². The zero-order chi connectivity index (χ0) is 16.4. The minimum Gasteiger partial charge on any atom is -0.345 e. The maximum atomic E-state index is 12.3. The van der Waals surface area contributed by atoms with Crippen LogP contribution in [0.4, 0.5) is 0 Å². The van der Waals surface area contributed by atoms with Gasteiger partial charge in [-0.2, -0.15) is 10.2 Å². The van der Waals surface area contributed by atoms with Crippen LogP contribution in [0.1, 0.15) is 16.2 Å². The van der Waals surface area contributed by atoms with E-state index in [2.05, 4.69) is 30.6 Å². The third kappa shape index (κ3) is 2.60. The number of nitrogens with one attached hydrogen (secondary N) is 2. The lowest BCUT2D eigenvalue weighted by atomic mass is 10.2. The number of carbonyl (C=O) groups excluding carboxylic acids is 1. The molecule has 0 unspecified atom stereocenters. The summed E-state index contributed by atoms with van der Waals surface area (Å²) in [6.45, 7) is 0.331. The Hall–Kier alpha value is -3.55. The molecule has 4 aromatic rings. The van der Waals surface area contributed by atoms with Crippen molar-refractivity contribution in [1.82, 2.24) is 35.1 Å². The summed E-state index contributed by atoms with van der Waals surface area (Å²) in [7, 11) is 0. The van der Waals surface area contributed by atoms with E-state index in [1.165, 1.54) is 6.33 Å². The molecule has 0 aromatic carbocycles. The summed E-state index contributed by atoms with van der Waals surface area (Å²) in [4.78, 5) is 20.6. The average molecular weight is 319 g/mol. The van der Waals surface area contributed by atoms with Crippen molar-refractivity contribution in [2.45, 2.75) is 6.54 Å². The highest BCUT2D eigenvalue weighted by atomic mass is 16.1. The van der Waals surface area contributed by atoms with Gasteiger partial charge in [-0.3, -0.25) is 14.9 Å². The average Bonchev–Trinajstić information content (AvgIpc) is 3.30. The van der Waals surface area contributed by atoms with Crippen LogP contribution in [0.5, 0.6) is 0 Å². The lowest BCUT2D eigenvalue weighted by molar-refractivity contribution is 0.0945. The van der Waals surface area contributed by atoms with Gasteiger partial charge in [0.2, 0.25) is 0 Å². The van der Waals surface area contributed by atoms with Crippen LogP contribution in [0.25, 0.3) is 17.0 Å². The number of pyridine rings is 2. The fraction of sp³-hybridized carbons (Fsp3) is 0.0625. The number of hydrogen-bond acceptors (Lipinski definition) is 5. The zero-order valence-electron chi connectivity index (χ0n) is 12.5. The lowest BCUT2D eigenvalue weighted by Crippen LogP contribution is -2.24. The minimum absolute atomic E-state index is 0.248. The molecule has 0 radical (unpaired) electrons. The van der Waals surface area contributed by atoms with Crippen LogP contribution in [0.15, 0.2) is 55.0 Å². The Morgan fingerprint density at radius 2 is 2.08 bits per heavy atom. The van der Waals surface area contributed by atoms with E-state index in [0.29, 0.717) is 23.6 Å². The van der Waals surface area contributed by atoms with E-state index in [4.69, 9.17) is 0 Å². The number of H-pyrrole nitrogens is 1. The second-order valence-electron chi connectivity index (χ2n) is 5.11. The highest BCUT2D eigenvalue weighted by Gasteiger charge is 2.12. The van der Waals surface area contributed by atoms with Gasteiger partial charge in [-0.1, -0.05) is 12.1 Å². The Kier molecular flexibility index (Phi) is 3.47. The number of aromatic nitrogens is 6. The monoisotopic (exact) mass is 319 g/mol. The number of amides is 1. The number of carbonyl (C=O) groups is 1. The third-order valence-electron chi connectivity index (χ3n) is 3.56. The Balaban J connectivity index is 1.49. The highest BCUT2D eigenvalue weighted by Crippen LogP contribution is 2.14. The van der Waals surface area contributed by atoms with Gasteiger partial charge in [0.05, 0.1) is 17.9 Å². The normalized spacial score (nSPS) is 10.8. The van der Waals surface area contributed by atoms with Gasteiger partial charge < -0.3 is 5.32 Å². The van der Waals surface area contributed by atoms with Crippen LogP contribution < -0.4 is 5.32 Å². The van der Waals surface area contributed by atoms with Crippen LogP contribution in [0, 0.1) is 0 Å². The summed E-state index contributed by atoms with van der Waals surface area (Å²) >= 11 is 0. The van der Waals surface area contributed by atoms with E-state index in [-0.39, 0.29) is 5.91 Å². The van der Waals surface area contributed by atoms with Gasteiger partial charge in [0, 0.05) is 6.20 Å². The summed E-state index contributed by atoms with van der Waals surface area (Å²) < 4.78 is 1.69. The number of aromatic amines is 1. The molecule has 0 aliphatic heterocycles. The molecule has 2 N–H and O–H groups in total. The molecule has 1 amide bonds. The molecule has 118 valence electrons. The highest BCUT2D eigenvalue weighted by molar-refractivity contribution is 5.93. The molecule has 8 nitrogen and oxygen atoms in total. The zero-order valence-corrected chi connectivity index (χ0v) is 12.5. The Bertz CT molecular complexity index is 990. The molecule has 0 saturated carbocycles. The fourth-order valence-corrected chi connectivity index (χ4v) is 2.38. The van der Waals surface area contributed by atoms with E-state index >= 15 is 0 Å². The molecule has 0 spiro atoms. The van der Waals surface area contributed by atoms with Crippen molar-refractivity contribution in [3.8, 4) is 11.4 Å². The molecule has 24 heavy (non-hydrogen) atoms. The van der Waals surface area contributed by atoms with Crippen LogP contribution in [0.2, 0.25) is 0 Å². The van der Waals surface area contributed by atoms with Crippen molar-refractivity contribution in [2.24, 2.45) is 0 Å². The molecule has 0 fully saturated rings. The summed E-state index contributed by atoms with van der Waals surface area (Å²) in [6.07, 6.45) is 3.16.